The average Bonchev–Trinajstić information content (AvgIpc) is 3.29. The number of para-hydroxylation sites is 1. The second-order valence-electron chi connectivity index (χ2n) is 5.65. The molecule has 0 atom stereocenters. The third kappa shape index (κ3) is 4.27. The molecule has 0 aliphatic carbocycles. The molecule has 2 heterocycles. The Morgan fingerprint density at radius 1 is 1.07 bits per heavy atom. The van der Waals surface area contributed by atoms with Crippen LogP contribution in [0.3, 0.4) is 0 Å². The molecule has 0 spiro atoms. The first-order valence-corrected chi connectivity index (χ1v) is 10.6. The molecule has 28 heavy (non-hydrogen) atoms. The molecule has 1 N–H and O–H groups in total. The molecule has 142 valence electrons. The third-order valence-electron chi connectivity index (χ3n) is 3.77. The van der Waals surface area contributed by atoms with Crippen LogP contribution in [-0.4, -0.2) is 31.1 Å². The molecule has 0 aliphatic heterocycles. The fourth-order valence-electron chi connectivity index (χ4n) is 2.45. The number of nitrogens with one attached hydrogen (secondary N) is 1. The predicted octanol–water partition coefficient (Wildman–Crippen LogP) is 4.52. The molecule has 2 aromatic carbocycles. The van der Waals surface area contributed by atoms with Crippen molar-refractivity contribution in [1.29, 1.82) is 0 Å². The molecule has 0 unspecified atom stereocenters. The van der Waals surface area contributed by atoms with Crippen LogP contribution in [0.2, 0.25) is 10.0 Å². The number of rotatable bonds is 6. The topological polar surface area (TPSA) is 85.6 Å². The standard InChI is InChI=1S/C17H12Cl2N6OS2/c18-11-4-3-5-12(19)10(11)9-27-17-23-22-16(28-17)20-15(26)8-25-14-7-2-1-6-13(14)21-24-25/h1-7H,8-9H2,(H,20,22,26). The number of carbonyl (C=O) groups excluding carboxylic acids is 1. The van der Waals surface area contributed by atoms with Crippen molar-refractivity contribution in [3.05, 3.63) is 58.1 Å². The number of hydrogen-bond donors (Lipinski definition) is 1. The Morgan fingerprint density at radius 2 is 1.86 bits per heavy atom. The largest absolute Gasteiger partial charge is 0.299 e. The molecule has 0 fully saturated rings. The van der Waals surface area contributed by atoms with Crippen LogP contribution in [0.25, 0.3) is 11.0 Å². The highest BCUT2D eigenvalue weighted by atomic mass is 35.5. The summed E-state index contributed by atoms with van der Waals surface area (Å²) >= 11 is 15.1. The van der Waals surface area contributed by atoms with Gasteiger partial charge in [0, 0.05) is 15.8 Å². The Labute approximate surface area is 178 Å². The minimum Gasteiger partial charge on any atom is -0.299 e. The van der Waals surface area contributed by atoms with Crippen LogP contribution in [0.1, 0.15) is 5.56 Å². The number of nitrogens with zero attached hydrogens (tertiary/aromatic N) is 5. The van der Waals surface area contributed by atoms with Gasteiger partial charge in [0.1, 0.15) is 12.1 Å². The van der Waals surface area contributed by atoms with Crippen molar-refractivity contribution in [2.75, 3.05) is 5.32 Å². The number of aromatic nitrogens is 5. The van der Waals surface area contributed by atoms with E-state index in [1.54, 1.807) is 22.9 Å². The molecule has 0 bridgehead atoms. The minimum absolute atomic E-state index is 0.0395. The summed E-state index contributed by atoms with van der Waals surface area (Å²) in [6, 6.07) is 12.8. The van der Waals surface area contributed by atoms with E-state index in [0.29, 0.717) is 25.3 Å². The van der Waals surface area contributed by atoms with Crippen LogP contribution < -0.4 is 5.32 Å². The van der Waals surface area contributed by atoms with E-state index in [1.807, 2.05) is 24.3 Å². The summed E-state index contributed by atoms with van der Waals surface area (Å²) in [6.45, 7) is 0.0395. The molecule has 0 saturated heterocycles. The first-order valence-electron chi connectivity index (χ1n) is 8.07. The van der Waals surface area contributed by atoms with E-state index in [4.69, 9.17) is 23.2 Å². The number of carbonyl (C=O) groups is 1. The van der Waals surface area contributed by atoms with Crippen LogP contribution in [0.5, 0.6) is 0 Å². The van der Waals surface area contributed by atoms with Gasteiger partial charge in [-0.2, -0.15) is 0 Å². The van der Waals surface area contributed by atoms with E-state index in [2.05, 4.69) is 25.8 Å². The zero-order valence-electron chi connectivity index (χ0n) is 14.2. The van der Waals surface area contributed by atoms with Crippen molar-refractivity contribution >= 4 is 68.4 Å². The van der Waals surface area contributed by atoms with Gasteiger partial charge in [0.2, 0.25) is 11.0 Å². The second kappa shape index (κ2) is 8.44. The van der Waals surface area contributed by atoms with Crippen LogP contribution in [0.15, 0.2) is 46.8 Å². The summed E-state index contributed by atoms with van der Waals surface area (Å²) in [5.74, 6) is 0.309. The summed E-state index contributed by atoms with van der Waals surface area (Å²) in [5, 5.41) is 20.5. The van der Waals surface area contributed by atoms with Gasteiger partial charge in [0.05, 0.1) is 5.52 Å². The van der Waals surface area contributed by atoms with Gasteiger partial charge in [-0.05, 0) is 29.8 Å². The van der Waals surface area contributed by atoms with Gasteiger partial charge >= 0.3 is 0 Å². The molecule has 7 nitrogen and oxygen atoms in total. The van der Waals surface area contributed by atoms with E-state index in [0.717, 1.165) is 16.6 Å². The number of amides is 1. The molecule has 1 amide bonds. The maximum absolute atomic E-state index is 12.3. The fourth-order valence-corrected chi connectivity index (χ4v) is 4.96. The Hall–Kier alpha value is -2.20. The maximum atomic E-state index is 12.3. The summed E-state index contributed by atoms with van der Waals surface area (Å²) < 4.78 is 2.25. The van der Waals surface area contributed by atoms with E-state index < -0.39 is 0 Å². The molecule has 0 radical (unpaired) electrons. The van der Waals surface area contributed by atoms with Crippen LogP contribution in [0, 0.1) is 0 Å². The fraction of sp³-hybridized carbons (Fsp3) is 0.118. The van der Waals surface area contributed by atoms with Gasteiger partial charge in [0.15, 0.2) is 4.34 Å². The van der Waals surface area contributed by atoms with Crippen LogP contribution in [0.4, 0.5) is 5.13 Å². The molecule has 0 aliphatic rings. The number of anilines is 1. The van der Waals surface area contributed by atoms with E-state index in [9.17, 15) is 4.79 Å². The Kier molecular flexibility index (Phi) is 5.77. The van der Waals surface area contributed by atoms with Crippen molar-refractivity contribution in [2.24, 2.45) is 0 Å². The van der Waals surface area contributed by atoms with E-state index in [-0.39, 0.29) is 12.5 Å². The normalized spacial score (nSPS) is 11.1. The van der Waals surface area contributed by atoms with Crippen molar-refractivity contribution in [3.63, 3.8) is 0 Å². The molecular formula is C17H12Cl2N6OS2. The predicted molar refractivity (Wildman–Crippen MR) is 112 cm³/mol. The SMILES string of the molecule is O=C(Cn1nnc2ccccc21)Nc1nnc(SCc2c(Cl)cccc2Cl)s1. The number of thioether (sulfide) groups is 1. The zero-order valence-corrected chi connectivity index (χ0v) is 17.3. The highest BCUT2D eigenvalue weighted by Crippen LogP contribution is 2.33. The molecule has 0 saturated carbocycles. The van der Waals surface area contributed by atoms with Crippen molar-refractivity contribution in [3.8, 4) is 0 Å². The molecular weight excluding hydrogens is 439 g/mol. The summed E-state index contributed by atoms with van der Waals surface area (Å²) in [7, 11) is 0. The van der Waals surface area contributed by atoms with Gasteiger partial charge in [-0.25, -0.2) is 4.68 Å². The van der Waals surface area contributed by atoms with Gasteiger partial charge in [-0.15, -0.1) is 15.3 Å². The Bertz CT molecular complexity index is 1130. The first kappa shape index (κ1) is 19.1. The number of hydrogen-bond acceptors (Lipinski definition) is 7. The average molecular weight is 451 g/mol. The lowest BCUT2D eigenvalue weighted by Crippen LogP contribution is -2.19. The Balaban J connectivity index is 1.37. The van der Waals surface area contributed by atoms with Crippen molar-refractivity contribution in [2.45, 2.75) is 16.6 Å². The lowest BCUT2D eigenvalue weighted by molar-refractivity contribution is -0.116. The van der Waals surface area contributed by atoms with Gasteiger partial charge in [-0.1, -0.05) is 69.7 Å². The summed E-state index contributed by atoms with van der Waals surface area (Å²) in [6.07, 6.45) is 0. The van der Waals surface area contributed by atoms with Crippen LogP contribution >= 0.6 is 46.3 Å². The lowest BCUT2D eigenvalue weighted by Gasteiger charge is -2.04. The molecule has 4 rings (SSSR count). The molecule has 11 heteroatoms. The summed E-state index contributed by atoms with van der Waals surface area (Å²) in [5.41, 5.74) is 2.38. The van der Waals surface area contributed by atoms with E-state index in [1.165, 1.54) is 23.1 Å². The number of fused-ring (bicyclic) bond motifs is 1. The molecule has 4 aromatic rings. The monoisotopic (exact) mass is 450 g/mol. The maximum Gasteiger partial charge on any atom is 0.248 e. The van der Waals surface area contributed by atoms with Crippen molar-refractivity contribution < 1.29 is 4.79 Å². The lowest BCUT2D eigenvalue weighted by atomic mass is 10.2. The summed E-state index contributed by atoms with van der Waals surface area (Å²) in [4.78, 5) is 12.3. The second-order valence-corrected chi connectivity index (χ2v) is 8.66. The highest BCUT2D eigenvalue weighted by Gasteiger charge is 2.13. The van der Waals surface area contributed by atoms with Gasteiger partial charge in [-0.3, -0.25) is 10.1 Å². The smallest absolute Gasteiger partial charge is 0.248 e. The minimum atomic E-state index is -0.252. The third-order valence-corrected chi connectivity index (χ3v) is 6.47. The van der Waals surface area contributed by atoms with Crippen molar-refractivity contribution in [1.82, 2.24) is 25.2 Å². The van der Waals surface area contributed by atoms with Gasteiger partial charge in [0.25, 0.3) is 0 Å². The van der Waals surface area contributed by atoms with Gasteiger partial charge < -0.3 is 0 Å². The van der Waals surface area contributed by atoms with E-state index >= 15 is 0 Å². The molecule has 2 aromatic heterocycles. The van der Waals surface area contributed by atoms with Crippen LogP contribution in [-0.2, 0) is 17.1 Å². The number of benzene rings is 2. The first-order chi connectivity index (χ1) is 13.6. The quantitative estimate of drug-likeness (QED) is 0.343. The number of halogens is 2. The highest BCUT2D eigenvalue weighted by molar-refractivity contribution is 8.00. The Morgan fingerprint density at radius 3 is 2.68 bits per heavy atom. The zero-order chi connectivity index (χ0) is 19.5.